The van der Waals surface area contributed by atoms with Crippen molar-refractivity contribution in [1.29, 1.82) is 0 Å². The van der Waals surface area contributed by atoms with Gasteiger partial charge in [0, 0.05) is 5.56 Å². The molecule has 0 radical (unpaired) electrons. The van der Waals surface area contributed by atoms with Crippen molar-refractivity contribution in [3.05, 3.63) is 63.7 Å². The Morgan fingerprint density at radius 3 is 2.32 bits per heavy atom. The Balaban J connectivity index is 2.45. The molecule has 1 atom stereocenters. The fraction of sp³-hybridized carbons (Fsp3) is 0.409. The smallest absolute Gasteiger partial charge is 0.288 e. The lowest BCUT2D eigenvalue weighted by molar-refractivity contribution is 0.103. The number of aryl methyl sites for hydroxylation is 2. The highest BCUT2D eigenvalue weighted by Gasteiger charge is 2.28. The van der Waals surface area contributed by atoms with Crippen molar-refractivity contribution >= 4 is 18.9 Å². The Kier molecular flexibility index (Phi) is 6.67. The maximum absolute atomic E-state index is 13.3. The van der Waals surface area contributed by atoms with E-state index < -0.39 is 7.80 Å². The van der Waals surface area contributed by atoms with Gasteiger partial charge in [0.05, 0.1) is 5.56 Å². The summed E-state index contributed by atoms with van der Waals surface area (Å²) in [6.07, 6.45) is 3.77. The number of carbonyl (C=O) groups excluding carboxylic acids is 1. The van der Waals surface area contributed by atoms with Gasteiger partial charge in [0.1, 0.15) is 0 Å². The third-order valence-electron chi connectivity index (χ3n) is 4.97. The van der Waals surface area contributed by atoms with Crippen LogP contribution in [0.3, 0.4) is 0 Å². The predicted octanol–water partition coefficient (Wildman–Crippen LogP) is 5.79. The first kappa shape index (κ1) is 19.5. The van der Waals surface area contributed by atoms with E-state index in [9.17, 15) is 9.36 Å². The molecule has 0 N–H and O–H groups in total. The molecule has 0 amide bonds. The molecule has 0 bridgehead atoms. The molecule has 2 aromatic rings. The fourth-order valence-corrected chi connectivity index (χ4v) is 4.73. The molecule has 1 unspecified atom stereocenters. The quantitative estimate of drug-likeness (QED) is 0.358. The van der Waals surface area contributed by atoms with Crippen molar-refractivity contribution in [1.82, 2.24) is 0 Å². The highest BCUT2D eigenvalue weighted by atomic mass is 31.1. The summed E-state index contributed by atoms with van der Waals surface area (Å²) in [6.45, 7) is 10.2. The van der Waals surface area contributed by atoms with E-state index >= 15 is 0 Å². The summed E-state index contributed by atoms with van der Waals surface area (Å²) >= 11 is 0. The number of carbonyl (C=O) groups is 1. The lowest BCUT2D eigenvalue weighted by Crippen LogP contribution is -2.16. The second kappa shape index (κ2) is 8.54. The lowest BCUT2D eigenvalue weighted by atomic mass is 9.89. The minimum Gasteiger partial charge on any atom is -0.288 e. The maximum Gasteiger partial charge on any atom is 0.377 e. The summed E-state index contributed by atoms with van der Waals surface area (Å²) in [7, 11) is -1.53. The van der Waals surface area contributed by atoms with Crippen molar-refractivity contribution in [2.45, 2.75) is 53.9 Å². The molecule has 0 spiro atoms. The van der Waals surface area contributed by atoms with E-state index in [1.54, 1.807) is 0 Å². The first-order chi connectivity index (χ1) is 11.9. The zero-order valence-electron chi connectivity index (χ0n) is 16.0. The van der Waals surface area contributed by atoms with Crippen LogP contribution in [0, 0.1) is 27.7 Å². The van der Waals surface area contributed by atoms with Crippen LogP contribution in [0.15, 0.2) is 30.3 Å². The van der Waals surface area contributed by atoms with Crippen molar-refractivity contribution < 1.29 is 9.36 Å². The number of hydrogen-bond donors (Lipinski definition) is 0. The van der Waals surface area contributed by atoms with Gasteiger partial charge in [-0.2, -0.15) is 0 Å². The van der Waals surface area contributed by atoms with Gasteiger partial charge >= 0.3 is 7.80 Å². The van der Waals surface area contributed by atoms with Gasteiger partial charge in [0.25, 0.3) is 0 Å². The normalized spacial score (nSPS) is 11.5. The molecular weight excluding hydrogens is 327 g/mol. The average Bonchev–Trinajstić information content (AvgIpc) is 2.59. The number of ketones is 1. The Hall–Kier alpha value is -1.79. The summed E-state index contributed by atoms with van der Waals surface area (Å²) in [4.78, 5) is 13.3. The Labute approximate surface area is 152 Å². The minimum absolute atomic E-state index is 0.00691. The molecule has 0 aromatic heterocycles. The monoisotopic (exact) mass is 355 g/mol. The van der Waals surface area contributed by atoms with E-state index in [-0.39, 0.29) is 5.78 Å². The molecule has 132 valence electrons. The molecule has 0 aliphatic carbocycles. The summed E-state index contributed by atoms with van der Waals surface area (Å²) in [6, 6.07) is 9.47. The van der Waals surface area contributed by atoms with Crippen molar-refractivity contribution in [2.24, 2.45) is 0 Å². The Morgan fingerprint density at radius 2 is 1.64 bits per heavy atom. The highest BCUT2D eigenvalue weighted by Crippen LogP contribution is 2.28. The van der Waals surface area contributed by atoms with Gasteiger partial charge in [0.2, 0.25) is 5.30 Å². The molecule has 0 aliphatic heterocycles. The molecule has 25 heavy (non-hydrogen) atoms. The van der Waals surface area contributed by atoms with Gasteiger partial charge in [-0.1, -0.05) is 36.1 Å². The number of rotatable bonds is 7. The van der Waals surface area contributed by atoms with E-state index in [1.807, 2.05) is 38.1 Å². The molecule has 0 saturated carbocycles. The number of hydrogen-bond acceptors (Lipinski definition) is 2. The van der Waals surface area contributed by atoms with Crippen LogP contribution in [0.5, 0.6) is 0 Å². The van der Waals surface area contributed by atoms with Crippen molar-refractivity contribution in [2.75, 3.05) is 6.16 Å². The molecular formula is C22H28O2P+. The average molecular weight is 355 g/mol. The molecule has 2 rings (SSSR count). The zero-order chi connectivity index (χ0) is 18.6. The first-order valence-corrected chi connectivity index (χ1v) is 10.5. The first-order valence-electron chi connectivity index (χ1n) is 9.04. The fourth-order valence-electron chi connectivity index (χ4n) is 3.28. The molecule has 0 saturated heterocycles. The second-order valence-corrected chi connectivity index (χ2v) is 8.48. The van der Waals surface area contributed by atoms with Crippen LogP contribution in [-0.4, -0.2) is 11.9 Å². The molecule has 0 aliphatic rings. The van der Waals surface area contributed by atoms with Crippen LogP contribution in [0.4, 0.5) is 0 Å². The van der Waals surface area contributed by atoms with E-state index in [0.29, 0.717) is 17.0 Å². The predicted molar refractivity (Wildman–Crippen MR) is 107 cm³/mol. The summed E-state index contributed by atoms with van der Waals surface area (Å²) in [5.41, 5.74) is 5.71. The van der Waals surface area contributed by atoms with Crippen molar-refractivity contribution in [3.63, 3.8) is 0 Å². The second-order valence-electron chi connectivity index (χ2n) is 6.79. The van der Waals surface area contributed by atoms with Crippen molar-refractivity contribution in [3.8, 4) is 0 Å². The van der Waals surface area contributed by atoms with Gasteiger partial charge in [-0.3, -0.25) is 4.79 Å². The maximum atomic E-state index is 13.3. The molecule has 0 fully saturated rings. The Morgan fingerprint density at radius 1 is 0.960 bits per heavy atom. The third kappa shape index (κ3) is 4.25. The van der Waals surface area contributed by atoms with Gasteiger partial charge in [-0.05, 0) is 74.9 Å². The number of unbranched alkanes of at least 4 members (excludes halogenated alkanes) is 2. The SMILES string of the molecule is CCCCC[P+](=O)c1ccccc1C(=O)c1c(C)cc(C)c(C)c1C. The van der Waals surface area contributed by atoms with Crippen LogP contribution in [0.2, 0.25) is 0 Å². The van der Waals surface area contributed by atoms with E-state index in [2.05, 4.69) is 26.8 Å². The summed E-state index contributed by atoms with van der Waals surface area (Å²) in [5.74, 6) is -0.00691. The molecule has 3 heteroatoms. The Bertz CT molecular complexity index is 806. The highest BCUT2D eigenvalue weighted by molar-refractivity contribution is 7.53. The van der Waals surface area contributed by atoms with Gasteiger partial charge in [0.15, 0.2) is 11.9 Å². The number of benzene rings is 2. The largest absolute Gasteiger partial charge is 0.377 e. The van der Waals surface area contributed by atoms with Crippen LogP contribution in [-0.2, 0) is 4.57 Å². The van der Waals surface area contributed by atoms with E-state index in [1.165, 1.54) is 5.56 Å². The topological polar surface area (TPSA) is 34.1 Å². The van der Waals surface area contributed by atoms with Gasteiger partial charge in [-0.25, -0.2) is 0 Å². The lowest BCUT2D eigenvalue weighted by Gasteiger charge is -2.14. The van der Waals surface area contributed by atoms with Crippen LogP contribution in [0.1, 0.15) is 64.4 Å². The van der Waals surface area contributed by atoms with E-state index in [0.717, 1.165) is 41.5 Å². The zero-order valence-corrected chi connectivity index (χ0v) is 16.9. The van der Waals surface area contributed by atoms with Crippen LogP contribution < -0.4 is 5.30 Å². The van der Waals surface area contributed by atoms with E-state index in [4.69, 9.17) is 0 Å². The molecule has 2 nitrogen and oxygen atoms in total. The molecule has 2 aromatic carbocycles. The summed E-state index contributed by atoms with van der Waals surface area (Å²) in [5, 5.41) is 0.704. The minimum atomic E-state index is -1.53. The van der Waals surface area contributed by atoms with Gasteiger partial charge in [-0.15, -0.1) is 0 Å². The standard InChI is InChI=1S/C22H28O2P/c1-6-7-10-13-25(24)20-12-9-8-11-19(20)22(23)21-16(3)14-15(2)17(4)18(21)5/h8-9,11-12,14H,6-7,10,13H2,1-5H3/q+1. The molecule has 0 heterocycles. The van der Waals surface area contributed by atoms with Gasteiger partial charge < -0.3 is 0 Å². The summed E-state index contributed by atoms with van der Waals surface area (Å²) < 4.78 is 12.8. The van der Waals surface area contributed by atoms with Crippen LogP contribution >= 0.6 is 7.80 Å². The van der Waals surface area contributed by atoms with Crippen LogP contribution in [0.25, 0.3) is 0 Å². The third-order valence-corrected chi connectivity index (χ3v) is 6.62.